The van der Waals surface area contributed by atoms with Crippen molar-refractivity contribution in [1.29, 1.82) is 5.26 Å². The van der Waals surface area contributed by atoms with Crippen molar-refractivity contribution in [3.05, 3.63) is 30.0 Å². The summed E-state index contributed by atoms with van der Waals surface area (Å²) >= 11 is 0. The number of sulfonamides is 1. The number of amides is 1. The Bertz CT molecular complexity index is 1300. The van der Waals surface area contributed by atoms with Gasteiger partial charge in [0.2, 0.25) is 15.9 Å². The van der Waals surface area contributed by atoms with E-state index in [1.165, 1.54) is 9.88 Å². The van der Waals surface area contributed by atoms with Gasteiger partial charge in [0.1, 0.15) is 11.5 Å². The molecule has 2 aromatic rings. The molecule has 0 aromatic carbocycles. The molecule has 0 bridgehead atoms. The van der Waals surface area contributed by atoms with Crippen LogP contribution >= 0.6 is 0 Å². The normalized spacial score (nSPS) is 23.2. The van der Waals surface area contributed by atoms with Crippen LogP contribution in [-0.2, 0) is 14.8 Å². The molecular weight excluding hydrogens is 452 g/mol. The molecule has 34 heavy (non-hydrogen) atoms. The number of nitrogens with one attached hydrogen (secondary N) is 2. The summed E-state index contributed by atoms with van der Waals surface area (Å²) in [6.07, 6.45) is 6.20. The van der Waals surface area contributed by atoms with E-state index < -0.39 is 15.6 Å². The number of rotatable bonds is 7. The van der Waals surface area contributed by atoms with Crippen molar-refractivity contribution in [2.45, 2.75) is 38.6 Å². The number of hydrogen-bond acceptors (Lipinski definition) is 6. The van der Waals surface area contributed by atoms with Gasteiger partial charge < -0.3 is 10.3 Å². The highest BCUT2D eigenvalue weighted by molar-refractivity contribution is 7.89. The van der Waals surface area contributed by atoms with E-state index in [0.29, 0.717) is 31.9 Å². The van der Waals surface area contributed by atoms with Crippen molar-refractivity contribution in [3.63, 3.8) is 0 Å². The van der Waals surface area contributed by atoms with Gasteiger partial charge >= 0.3 is 0 Å². The second kappa shape index (κ2) is 8.48. The van der Waals surface area contributed by atoms with E-state index in [1.54, 1.807) is 6.92 Å². The van der Waals surface area contributed by atoms with Gasteiger partial charge in [0, 0.05) is 43.7 Å². The maximum atomic E-state index is 12.3. The second-order valence-electron chi connectivity index (χ2n) is 9.75. The lowest BCUT2D eigenvalue weighted by Gasteiger charge is -2.55. The van der Waals surface area contributed by atoms with Crippen molar-refractivity contribution in [1.82, 2.24) is 19.2 Å². The zero-order chi connectivity index (χ0) is 24.1. The molecule has 1 saturated heterocycles. The largest absolute Gasteiger partial charge is 0.346 e. The first-order chi connectivity index (χ1) is 16.3. The van der Waals surface area contributed by atoms with Gasteiger partial charge in [-0.25, -0.2) is 13.4 Å². The molecule has 5 rings (SSSR count). The monoisotopic (exact) mass is 482 g/mol. The number of anilines is 1. The van der Waals surface area contributed by atoms with E-state index in [0.717, 1.165) is 36.0 Å². The van der Waals surface area contributed by atoms with Gasteiger partial charge in [-0.1, -0.05) is 13.0 Å². The zero-order valence-corrected chi connectivity index (χ0v) is 20.4. The van der Waals surface area contributed by atoms with Crippen molar-refractivity contribution in [2.24, 2.45) is 11.8 Å². The fraction of sp³-hybridized carbons (Fsp3) is 0.542. The van der Waals surface area contributed by atoms with Crippen molar-refractivity contribution < 1.29 is 13.2 Å². The second-order valence-corrected chi connectivity index (χ2v) is 12.0. The van der Waals surface area contributed by atoms with E-state index >= 15 is 0 Å². The highest BCUT2D eigenvalue weighted by atomic mass is 32.2. The number of nitriles is 1. The lowest BCUT2D eigenvalue weighted by Crippen LogP contribution is -2.72. The van der Waals surface area contributed by atoms with Gasteiger partial charge in [0.25, 0.3) is 0 Å². The maximum absolute atomic E-state index is 12.3. The molecule has 2 N–H and O–H groups in total. The first kappa shape index (κ1) is 23.0. The van der Waals surface area contributed by atoms with E-state index in [-0.39, 0.29) is 23.5 Å². The summed E-state index contributed by atoms with van der Waals surface area (Å²) in [6.45, 7) is 5.89. The van der Waals surface area contributed by atoms with E-state index in [9.17, 15) is 18.5 Å². The van der Waals surface area contributed by atoms with E-state index in [2.05, 4.69) is 39.3 Å². The van der Waals surface area contributed by atoms with E-state index in [1.807, 2.05) is 18.3 Å². The standard InChI is InChI=1S/C24H30N6O3S/c1-3-34(32,33)30-14-24(15-30,8-9-25)29-11-7-18(16(2)13-29)20-12-21(28-23(31)17-4-5-17)27-22-19(20)6-10-26-22/h6-7,10,12,16-17H,3-5,8,11,13-15H2,1-2H3,(H2,26,27,28,31). The SMILES string of the molecule is CCS(=O)(=O)N1CC(CC#N)(N2CC=C(c3cc(NC(=O)C4CC4)nc4[nH]ccc34)C(C)C2)C1. The Hall–Kier alpha value is -2.74. The quantitative estimate of drug-likeness (QED) is 0.625. The third-order valence-electron chi connectivity index (χ3n) is 7.37. The molecule has 2 aliphatic heterocycles. The summed E-state index contributed by atoms with van der Waals surface area (Å²) in [5.41, 5.74) is 2.51. The number of nitrogens with zero attached hydrogens (tertiary/aromatic N) is 4. The third kappa shape index (κ3) is 4.02. The minimum atomic E-state index is -3.25. The first-order valence-electron chi connectivity index (χ1n) is 11.9. The number of fused-ring (bicyclic) bond motifs is 1. The van der Waals surface area contributed by atoms with Crippen LogP contribution < -0.4 is 5.32 Å². The van der Waals surface area contributed by atoms with Crippen LogP contribution in [0.15, 0.2) is 24.4 Å². The molecule has 1 atom stereocenters. The van der Waals surface area contributed by atoms with Crippen molar-refractivity contribution in [3.8, 4) is 6.07 Å². The molecule has 180 valence electrons. The lowest BCUT2D eigenvalue weighted by atomic mass is 9.82. The Kier molecular flexibility index (Phi) is 5.74. The van der Waals surface area contributed by atoms with Crippen LogP contribution in [0.2, 0.25) is 0 Å². The van der Waals surface area contributed by atoms with Crippen LogP contribution in [-0.4, -0.2) is 71.0 Å². The van der Waals surface area contributed by atoms with Crippen molar-refractivity contribution >= 4 is 38.4 Å². The number of aromatic nitrogens is 2. The molecular formula is C24H30N6O3S. The van der Waals surface area contributed by atoms with Crippen LogP contribution in [0.25, 0.3) is 16.6 Å². The number of hydrogen-bond donors (Lipinski definition) is 2. The van der Waals surface area contributed by atoms with Gasteiger partial charge in [0.05, 0.1) is 23.8 Å². The van der Waals surface area contributed by atoms with Crippen molar-refractivity contribution in [2.75, 3.05) is 37.2 Å². The highest BCUT2D eigenvalue weighted by Crippen LogP contribution is 2.40. The molecule has 1 saturated carbocycles. The van der Waals surface area contributed by atoms with Crippen LogP contribution in [0.4, 0.5) is 5.82 Å². The lowest BCUT2D eigenvalue weighted by molar-refractivity contribution is -0.117. The van der Waals surface area contributed by atoms with Gasteiger partial charge in [-0.05, 0) is 49.0 Å². The van der Waals surface area contributed by atoms with Gasteiger partial charge in [-0.2, -0.15) is 9.57 Å². The third-order valence-corrected chi connectivity index (χ3v) is 9.15. The molecule has 0 spiro atoms. The van der Waals surface area contributed by atoms with Crippen LogP contribution in [0.5, 0.6) is 0 Å². The minimum Gasteiger partial charge on any atom is -0.346 e. The Labute approximate surface area is 199 Å². The van der Waals surface area contributed by atoms with Gasteiger partial charge in [-0.15, -0.1) is 0 Å². The van der Waals surface area contributed by atoms with E-state index in [4.69, 9.17) is 0 Å². The average molecular weight is 483 g/mol. The summed E-state index contributed by atoms with van der Waals surface area (Å²) in [4.78, 5) is 22.3. The Morgan fingerprint density at radius 3 is 2.79 bits per heavy atom. The number of aromatic amines is 1. The van der Waals surface area contributed by atoms with Crippen LogP contribution in [0.1, 0.15) is 38.7 Å². The first-order valence-corrected chi connectivity index (χ1v) is 13.5. The summed E-state index contributed by atoms with van der Waals surface area (Å²) in [6, 6.07) is 6.24. The summed E-state index contributed by atoms with van der Waals surface area (Å²) in [5.74, 6) is 0.910. The fourth-order valence-electron chi connectivity index (χ4n) is 5.15. The molecule has 4 heterocycles. The number of carbonyl (C=O) groups excluding carboxylic acids is 1. The molecule has 2 fully saturated rings. The predicted octanol–water partition coefficient (Wildman–Crippen LogP) is 2.56. The summed E-state index contributed by atoms with van der Waals surface area (Å²) in [7, 11) is -3.25. The van der Waals surface area contributed by atoms with Crippen LogP contribution in [0, 0.1) is 23.2 Å². The molecule has 1 unspecified atom stereocenters. The number of carbonyl (C=O) groups is 1. The average Bonchev–Trinajstić information content (AvgIpc) is 3.53. The summed E-state index contributed by atoms with van der Waals surface area (Å²) in [5, 5.41) is 13.4. The molecule has 1 aliphatic carbocycles. The smallest absolute Gasteiger partial charge is 0.228 e. The number of pyridine rings is 1. The maximum Gasteiger partial charge on any atom is 0.228 e. The Morgan fingerprint density at radius 2 is 2.15 bits per heavy atom. The summed E-state index contributed by atoms with van der Waals surface area (Å²) < 4.78 is 26.1. The minimum absolute atomic E-state index is 0.0243. The molecule has 1 amide bonds. The molecule has 0 radical (unpaired) electrons. The fourth-order valence-corrected chi connectivity index (χ4v) is 6.39. The zero-order valence-electron chi connectivity index (χ0n) is 19.5. The van der Waals surface area contributed by atoms with Gasteiger partial charge in [-0.3, -0.25) is 9.69 Å². The molecule has 3 aliphatic rings. The van der Waals surface area contributed by atoms with Crippen LogP contribution in [0.3, 0.4) is 0 Å². The molecule has 9 nitrogen and oxygen atoms in total. The Morgan fingerprint density at radius 1 is 1.38 bits per heavy atom. The highest BCUT2D eigenvalue weighted by Gasteiger charge is 2.51. The van der Waals surface area contributed by atoms with Gasteiger partial charge in [0.15, 0.2) is 0 Å². The topological polar surface area (TPSA) is 122 Å². The number of H-pyrrole nitrogens is 1. The predicted molar refractivity (Wildman–Crippen MR) is 130 cm³/mol. The Balaban J connectivity index is 1.41. The molecule has 10 heteroatoms. The molecule has 2 aromatic heterocycles.